The molecule has 1 aromatic rings. The molecule has 23 nitrogen and oxygen atoms in total. The zero-order valence-electron chi connectivity index (χ0n) is 29.8. The summed E-state index contributed by atoms with van der Waals surface area (Å²) in [6.07, 6.45) is -2.98. The minimum Gasteiger partial charge on any atom is -0.462 e. The van der Waals surface area contributed by atoms with Crippen molar-refractivity contribution < 1.29 is 61.7 Å². The molecule has 2 fully saturated rings. The molecule has 1 aromatic heterocycles. The van der Waals surface area contributed by atoms with Crippen LogP contribution in [-0.2, 0) is 52.5 Å². The molecule has 4 heterocycles. The van der Waals surface area contributed by atoms with Crippen LogP contribution < -0.4 is 16.4 Å². The van der Waals surface area contributed by atoms with E-state index in [0.717, 1.165) is 42.0 Å². The predicted octanol–water partition coefficient (Wildman–Crippen LogP) is -1.28. The number of alkyl halides is 1. The second kappa shape index (κ2) is 19.6. The minimum absolute atomic E-state index is 0.0176. The number of hydrogen-bond donors (Lipinski definition) is 4. The molecule has 0 aromatic carbocycles. The molecule has 0 aliphatic carbocycles. The van der Waals surface area contributed by atoms with Gasteiger partial charge in [0, 0.05) is 76.9 Å². The number of nitrogens with one attached hydrogen (secondary N) is 3. The van der Waals surface area contributed by atoms with Crippen molar-refractivity contribution in [1.29, 1.82) is 5.41 Å². The number of β-lactam (4-membered cyclic amide) rings is 1. The summed E-state index contributed by atoms with van der Waals surface area (Å²) < 4.78 is 41.8. The monoisotopic (exact) mass is 815 g/mol. The molecule has 2 saturated heterocycles. The minimum atomic E-state index is -1.62. The summed E-state index contributed by atoms with van der Waals surface area (Å²) in [5.41, 5.74) is 4.93. The summed E-state index contributed by atoms with van der Waals surface area (Å²) in [4.78, 5) is 86.7. The molecule has 3 aliphatic rings. The number of guanidine groups is 1. The molecule has 0 saturated carbocycles. The number of thioether (sulfide) groups is 1. The van der Waals surface area contributed by atoms with Crippen LogP contribution in [0.1, 0.15) is 26.6 Å². The number of hydrazone groups is 1. The van der Waals surface area contributed by atoms with E-state index in [0.29, 0.717) is 26.2 Å². The molecule has 0 bridgehead atoms. The van der Waals surface area contributed by atoms with Crippen molar-refractivity contribution in [2.75, 3.05) is 64.8 Å². The molecule has 26 heteroatoms. The first-order chi connectivity index (χ1) is 26.2. The van der Waals surface area contributed by atoms with E-state index in [-0.39, 0.29) is 33.9 Å². The Kier molecular flexibility index (Phi) is 15.0. The Hall–Kier alpha value is -5.63. The lowest BCUT2D eigenvalue weighted by atomic mass is 10.0. The fourth-order valence-electron chi connectivity index (χ4n) is 4.90. The summed E-state index contributed by atoms with van der Waals surface area (Å²) in [6.45, 7) is 3.57. The number of hydrogen-bond acceptors (Lipinski definition) is 21. The van der Waals surface area contributed by atoms with Gasteiger partial charge in [-0.2, -0.15) is 14.5 Å². The first-order valence-electron chi connectivity index (χ1n) is 16.2. The van der Waals surface area contributed by atoms with Crippen molar-refractivity contribution in [3.8, 4) is 0 Å². The number of amides is 2. The molecule has 3 unspecified atom stereocenters. The third-order valence-corrected chi connectivity index (χ3v) is 9.25. The van der Waals surface area contributed by atoms with Crippen LogP contribution in [0.25, 0.3) is 0 Å². The maximum absolute atomic E-state index is 13.7. The van der Waals surface area contributed by atoms with Gasteiger partial charge in [-0.15, -0.1) is 11.8 Å². The lowest BCUT2D eigenvalue weighted by molar-refractivity contribution is -0.172. The van der Waals surface area contributed by atoms with Crippen LogP contribution in [0.5, 0.6) is 0 Å². The number of anilines is 1. The van der Waals surface area contributed by atoms with E-state index >= 15 is 0 Å². The molecule has 3 aliphatic heterocycles. The summed E-state index contributed by atoms with van der Waals surface area (Å²) in [5.74, 6) is -4.44. The summed E-state index contributed by atoms with van der Waals surface area (Å²) in [6, 6.07) is -1.23. The Labute approximate surface area is 320 Å². The number of aromatic nitrogens is 2. The Balaban J connectivity index is 1.52. The number of oxime groups is 1. The Morgan fingerprint density at radius 1 is 1.15 bits per heavy atom. The number of nitrogen functional groups attached to an aromatic ring is 1. The highest BCUT2D eigenvalue weighted by molar-refractivity contribution is 8.00. The average Bonchev–Trinajstić information content (AvgIpc) is 3.58. The van der Waals surface area contributed by atoms with Gasteiger partial charge in [0.1, 0.15) is 30.3 Å². The van der Waals surface area contributed by atoms with E-state index < -0.39 is 85.5 Å². The highest BCUT2D eigenvalue weighted by Crippen LogP contribution is 2.40. The van der Waals surface area contributed by atoms with Gasteiger partial charge < -0.3 is 49.8 Å². The van der Waals surface area contributed by atoms with Crippen LogP contribution in [0, 0.1) is 5.41 Å². The number of esters is 3. The summed E-state index contributed by atoms with van der Waals surface area (Å²) >= 11 is 1.89. The fourth-order valence-corrected chi connectivity index (χ4v) is 6.64. The van der Waals surface area contributed by atoms with Crippen LogP contribution in [0.4, 0.5) is 14.3 Å². The maximum Gasteiger partial charge on any atom is 0.511 e. The van der Waals surface area contributed by atoms with Gasteiger partial charge in [0.05, 0.1) is 6.21 Å². The van der Waals surface area contributed by atoms with Crippen LogP contribution in [-0.4, -0.2) is 161 Å². The standard InChI is InChI=1S/C29H38FN11O12S2/c1-14(42)48-10-18(11-49-15(2)43)53-29(47)52-16(3)51-26(46)21-17(9-34-39(4)28(32)40-7-5-33-6-8-40)12-54-25-20(24(45)41(21)25)35-23(44)19(37-50-13-30)22-36-27(31)55-38-22/h9,16,18,20,25,32-33H,5-8,10-13H2,1-4H3,(H,35,44)(H2,31,36,38)/b32-28?,34-9+,37-19-. The van der Waals surface area contributed by atoms with Crippen LogP contribution in [0.2, 0.25) is 0 Å². The van der Waals surface area contributed by atoms with Gasteiger partial charge in [-0.25, -0.2) is 19.0 Å². The number of rotatable bonds is 15. The average molecular weight is 816 g/mol. The SMILES string of the molecule is CC(=O)OCC(COC(C)=O)OC(=O)OC(C)OC(=O)C1=C(/C=N/N(C)C(=N)N2CCNCC2)CSC2C(NC(=O)/C(=N\OCF)c3nsc(N)n3)C(=O)N12. The van der Waals surface area contributed by atoms with E-state index in [1.165, 1.54) is 25.2 Å². The van der Waals surface area contributed by atoms with Gasteiger partial charge in [0.2, 0.25) is 23.8 Å². The van der Waals surface area contributed by atoms with Crippen molar-refractivity contribution in [2.45, 2.75) is 44.6 Å². The maximum atomic E-state index is 13.7. The number of carbonyl (C=O) groups excluding carboxylic acids is 6. The van der Waals surface area contributed by atoms with Gasteiger partial charge in [-0.3, -0.25) is 29.5 Å². The van der Waals surface area contributed by atoms with Gasteiger partial charge in [0.15, 0.2) is 11.2 Å². The van der Waals surface area contributed by atoms with Crippen molar-refractivity contribution in [2.24, 2.45) is 10.3 Å². The molecule has 300 valence electrons. The number of piperazine rings is 1. The number of nitrogens with two attached hydrogens (primary N) is 1. The molecule has 0 radical (unpaired) electrons. The fraction of sp³-hybridized carbons (Fsp3) is 0.552. The number of nitrogens with zero attached hydrogens (tertiary/aromatic N) is 7. The van der Waals surface area contributed by atoms with Gasteiger partial charge in [-0.05, 0) is 0 Å². The van der Waals surface area contributed by atoms with Crippen molar-refractivity contribution >= 4 is 82.2 Å². The second-order valence-corrected chi connectivity index (χ2v) is 13.3. The van der Waals surface area contributed by atoms with E-state index in [1.807, 2.05) is 0 Å². The van der Waals surface area contributed by atoms with Crippen molar-refractivity contribution in [3.63, 3.8) is 0 Å². The topological polar surface area (TPSA) is 292 Å². The Morgan fingerprint density at radius 3 is 2.42 bits per heavy atom. The number of fused-ring (bicyclic) bond motifs is 1. The molecule has 55 heavy (non-hydrogen) atoms. The van der Waals surface area contributed by atoms with Crippen LogP contribution in [0.3, 0.4) is 0 Å². The highest BCUT2D eigenvalue weighted by atomic mass is 32.2. The van der Waals surface area contributed by atoms with Gasteiger partial charge in [0.25, 0.3) is 18.7 Å². The zero-order chi connectivity index (χ0) is 40.2. The number of ether oxygens (including phenoxy) is 5. The molecular weight excluding hydrogens is 778 g/mol. The van der Waals surface area contributed by atoms with Crippen molar-refractivity contribution in [3.05, 3.63) is 17.1 Å². The predicted molar refractivity (Wildman–Crippen MR) is 189 cm³/mol. The molecule has 0 spiro atoms. The lowest BCUT2D eigenvalue weighted by Crippen LogP contribution is -2.71. The third kappa shape index (κ3) is 11.4. The summed E-state index contributed by atoms with van der Waals surface area (Å²) in [5, 5.41) is 22.3. The highest BCUT2D eigenvalue weighted by Gasteiger charge is 2.55. The van der Waals surface area contributed by atoms with Crippen LogP contribution >= 0.6 is 23.3 Å². The quantitative estimate of drug-likeness (QED) is 0.0305. The van der Waals surface area contributed by atoms with Gasteiger partial charge >= 0.3 is 24.1 Å². The number of carbonyl (C=O) groups is 6. The van der Waals surface area contributed by atoms with Crippen molar-refractivity contribution in [1.82, 2.24) is 34.8 Å². The van der Waals surface area contributed by atoms with E-state index in [2.05, 4.69) is 35.1 Å². The van der Waals surface area contributed by atoms with Gasteiger partial charge in [-0.1, -0.05) is 5.16 Å². The normalized spacial score (nSPS) is 18.9. The zero-order valence-corrected chi connectivity index (χ0v) is 31.5. The smallest absolute Gasteiger partial charge is 0.462 e. The summed E-state index contributed by atoms with van der Waals surface area (Å²) in [7, 11) is 1.53. The number of halogens is 1. The first kappa shape index (κ1) is 42.1. The van der Waals surface area contributed by atoms with E-state index in [1.54, 1.807) is 4.90 Å². The second-order valence-electron chi connectivity index (χ2n) is 11.4. The third-order valence-electron chi connectivity index (χ3n) is 7.40. The molecule has 2 amide bonds. The van der Waals surface area contributed by atoms with E-state index in [9.17, 15) is 33.2 Å². The molecule has 3 atom stereocenters. The Morgan fingerprint density at radius 2 is 1.82 bits per heavy atom. The Bertz CT molecular complexity index is 1720. The largest absolute Gasteiger partial charge is 0.511 e. The first-order valence-corrected chi connectivity index (χ1v) is 18.0. The molecule has 4 rings (SSSR count). The lowest BCUT2D eigenvalue weighted by Gasteiger charge is -2.49. The van der Waals surface area contributed by atoms with E-state index in [4.69, 9.17) is 34.8 Å². The molecular formula is C29H38FN11O12S2. The molecule has 5 N–H and O–H groups in total. The van der Waals surface area contributed by atoms with Crippen LogP contribution in [0.15, 0.2) is 21.5 Å².